The zero-order valence-corrected chi connectivity index (χ0v) is 11.7. The van der Waals surface area contributed by atoms with E-state index in [0.717, 1.165) is 50.3 Å². The van der Waals surface area contributed by atoms with E-state index in [1.165, 1.54) is 5.56 Å². The van der Waals surface area contributed by atoms with Crippen LogP contribution in [0.15, 0.2) is 24.3 Å². The van der Waals surface area contributed by atoms with Gasteiger partial charge in [-0.3, -0.25) is 4.79 Å². The average Bonchev–Trinajstić information content (AvgIpc) is 2.42. The fourth-order valence-corrected chi connectivity index (χ4v) is 2.83. The highest BCUT2D eigenvalue weighted by Crippen LogP contribution is 2.31. The van der Waals surface area contributed by atoms with E-state index in [1.54, 1.807) is 0 Å². The molecule has 2 rings (SSSR count). The minimum Gasteiger partial charge on any atom is -0.330 e. The molecule has 3 heteroatoms. The summed E-state index contributed by atoms with van der Waals surface area (Å²) < 4.78 is 0. The minimum absolute atomic E-state index is 0.176. The van der Waals surface area contributed by atoms with E-state index in [1.807, 2.05) is 31.2 Å². The van der Waals surface area contributed by atoms with Crippen LogP contribution in [0.3, 0.4) is 0 Å². The zero-order valence-electron chi connectivity index (χ0n) is 11.7. The molecule has 104 valence electrons. The predicted molar refractivity (Wildman–Crippen MR) is 78.9 cm³/mol. The molecule has 0 radical (unpaired) electrons. The molecule has 1 aliphatic rings. The van der Waals surface area contributed by atoms with Gasteiger partial charge in [0.05, 0.1) is 0 Å². The van der Waals surface area contributed by atoms with Crippen LogP contribution in [0, 0.1) is 18.8 Å². The Morgan fingerprint density at radius 1 is 1.21 bits per heavy atom. The first-order chi connectivity index (χ1) is 9.19. The third kappa shape index (κ3) is 4.06. The van der Waals surface area contributed by atoms with Crippen molar-refractivity contribution in [2.75, 3.05) is 11.9 Å². The fraction of sp³-hybridized carbons (Fsp3) is 0.562. The average molecular weight is 260 g/mol. The van der Waals surface area contributed by atoms with Crippen molar-refractivity contribution in [3.8, 4) is 0 Å². The van der Waals surface area contributed by atoms with Gasteiger partial charge in [-0.05, 0) is 63.6 Å². The van der Waals surface area contributed by atoms with Crippen molar-refractivity contribution in [3.05, 3.63) is 29.8 Å². The number of rotatable bonds is 4. The Labute approximate surface area is 115 Å². The number of aryl methyl sites for hydroxylation is 1. The van der Waals surface area contributed by atoms with Gasteiger partial charge in [0.25, 0.3) is 0 Å². The summed E-state index contributed by atoms with van der Waals surface area (Å²) in [6.07, 6.45) is 5.39. The van der Waals surface area contributed by atoms with Crippen molar-refractivity contribution >= 4 is 11.6 Å². The number of hydrogen-bond donors (Lipinski definition) is 2. The van der Waals surface area contributed by atoms with Gasteiger partial charge in [0.15, 0.2) is 0 Å². The first-order valence-corrected chi connectivity index (χ1v) is 7.26. The van der Waals surface area contributed by atoms with Gasteiger partial charge in [-0.1, -0.05) is 17.7 Å². The second kappa shape index (κ2) is 6.71. The van der Waals surface area contributed by atoms with E-state index in [0.29, 0.717) is 0 Å². The Hall–Kier alpha value is -1.35. The summed E-state index contributed by atoms with van der Waals surface area (Å²) in [4.78, 5) is 12.2. The summed E-state index contributed by atoms with van der Waals surface area (Å²) in [5.74, 6) is 1.08. The van der Waals surface area contributed by atoms with Gasteiger partial charge in [0, 0.05) is 11.6 Å². The normalized spacial score (nSPS) is 23.1. The van der Waals surface area contributed by atoms with Crippen molar-refractivity contribution in [2.45, 2.75) is 39.0 Å². The second-order valence-electron chi connectivity index (χ2n) is 5.65. The van der Waals surface area contributed by atoms with Gasteiger partial charge in [-0.15, -0.1) is 0 Å². The van der Waals surface area contributed by atoms with E-state index >= 15 is 0 Å². The number of carbonyl (C=O) groups is 1. The monoisotopic (exact) mass is 260 g/mol. The summed E-state index contributed by atoms with van der Waals surface area (Å²) in [5, 5.41) is 3.02. The molecule has 1 saturated carbocycles. The Bertz CT molecular complexity index is 405. The highest BCUT2D eigenvalue weighted by atomic mass is 16.1. The molecule has 1 amide bonds. The smallest absolute Gasteiger partial charge is 0.227 e. The molecule has 1 aromatic carbocycles. The lowest BCUT2D eigenvalue weighted by Crippen LogP contribution is -2.27. The molecule has 0 saturated heterocycles. The predicted octanol–water partition coefficient (Wildman–Crippen LogP) is 3.09. The molecular weight excluding hydrogens is 236 g/mol. The molecule has 0 unspecified atom stereocenters. The van der Waals surface area contributed by atoms with Crippen molar-refractivity contribution in [3.63, 3.8) is 0 Å². The van der Waals surface area contributed by atoms with Crippen molar-refractivity contribution in [1.29, 1.82) is 0 Å². The van der Waals surface area contributed by atoms with E-state index in [9.17, 15) is 4.79 Å². The number of nitrogens with one attached hydrogen (secondary N) is 1. The lowest BCUT2D eigenvalue weighted by atomic mass is 9.80. The summed E-state index contributed by atoms with van der Waals surface area (Å²) in [6, 6.07) is 7.97. The minimum atomic E-state index is 0.176. The highest BCUT2D eigenvalue weighted by molar-refractivity contribution is 5.92. The lowest BCUT2D eigenvalue weighted by molar-refractivity contribution is -0.121. The van der Waals surface area contributed by atoms with Crippen LogP contribution < -0.4 is 11.1 Å². The quantitative estimate of drug-likeness (QED) is 0.874. The number of carbonyl (C=O) groups excluding carboxylic acids is 1. The van der Waals surface area contributed by atoms with Crippen LogP contribution in [0.2, 0.25) is 0 Å². The van der Waals surface area contributed by atoms with Crippen molar-refractivity contribution < 1.29 is 4.79 Å². The van der Waals surface area contributed by atoms with Crippen LogP contribution in [0.1, 0.15) is 37.7 Å². The Morgan fingerprint density at radius 2 is 1.84 bits per heavy atom. The molecule has 0 bridgehead atoms. The number of anilines is 1. The number of amides is 1. The number of benzene rings is 1. The van der Waals surface area contributed by atoms with E-state index in [4.69, 9.17) is 5.73 Å². The molecule has 0 heterocycles. The van der Waals surface area contributed by atoms with Crippen molar-refractivity contribution in [2.24, 2.45) is 17.6 Å². The van der Waals surface area contributed by atoms with E-state index in [-0.39, 0.29) is 11.8 Å². The Balaban J connectivity index is 1.83. The number of hydrogen-bond acceptors (Lipinski definition) is 2. The van der Waals surface area contributed by atoms with Gasteiger partial charge in [0.1, 0.15) is 0 Å². The van der Waals surface area contributed by atoms with E-state index in [2.05, 4.69) is 5.32 Å². The van der Waals surface area contributed by atoms with Crippen LogP contribution in [0.25, 0.3) is 0 Å². The molecule has 1 fully saturated rings. The largest absolute Gasteiger partial charge is 0.330 e. The molecule has 0 spiro atoms. The highest BCUT2D eigenvalue weighted by Gasteiger charge is 2.25. The van der Waals surface area contributed by atoms with Crippen LogP contribution in [0.4, 0.5) is 5.69 Å². The SMILES string of the molecule is Cc1ccc(NC(=O)C2CCC(CCN)CC2)cc1. The maximum Gasteiger partial charge on any atom is 0.227 e. The summed E-state index contributed by atoms with van der Waals surface area (Å²) in [5.41, 5.74) is 7.70. The van der Waals surface area contributed by atoms with Crippen molar-refractivity contribution in [1.82, 2.24) is 0 Å². The Morgan fingerprint density at radius 3 is 2.42 bits per heavy atom. The van der Waals surface area contributed by atoms with E-state index < -0.39 is 0 Å². The van der Waals surface area contributed by atoms with Gasteiger partial charge >= 0.3 is 0 Å². The van der Waals surface area contributed by atoms with Crippen LogP contribution in [-0.4, -0.2) is 12.5 Å². The molecule has 19 heavy (non-hydrogen) atoms. The van der Waals surface area contributed by atoms with Gasteiger partial charge < -0.3 is 11.1 Å². The van der Waals surface area contributed by atoms with Gasteiger partial charge in [-0.2, -0.15) is 0 Å². The molecule has 0 aliphatic heterocycles. The lowest BCUT2D eigenvalue weighted by Gasteiger charge is -2.27. The first-order valence-electron chi connectivity index (χ1n) is 7.26. The third-order valence-corrected chi connectivity index (χ3v) is 4.11. The second-order valence-corrected chi connectivity index (χ2v) is 5.65. The van der Waals surface area contributed by atoms with Gasteiger partial charge in [0.2, 0.25) is 5.91 Å². The summed E-state index contributed by atoms with van der Waals surface area (Å²) in [6.45, 7) is 2.81. The zero-order chi connectivity index (χ0) is 13.7. The van der Waals surface area contributed by atoms with Crippen LogP contribution >= 0.6 is 0 Å². The Kier molecular flexibility index (Phi) is 4.97. The summed E-state index contributed by atoms with van der Waals surface area (Å²) >= 11 is 0. The van der Waals surface area contributed by atoms with Gasteiger partial charge in [-0.25, -0.2) is 0 Å². The molecular formula is C16H24N2O. The first kappa shape index (κ1) is 14.1. The molecule has 1 aromatic rings. The fourth-order valence-electron chi connectivity index (χ4n) is 2.83. The van der Waals surface area contributed by atoms with Crippen LogP contribution in [-0.2, 0) is 4.79 Å². The molecule has 3 N–H and O–H groups in total. The molecule has 3 nitrogen and oxygen atoms in total. The maximum atomic E-state index is 12.2. The number of nitrogens with two attached hydrogens (primary N) is 1. The standard InChI is InChI=1S/C16H24N2O/c1-12-2-8-15(9-3-12)18-16(19)14-6-4-13(5-7-14)10-11-17/h2-3,8-9,13-14H,4-7,10-11,17H2,1H3,(H,18,19). The summed E-state index contributed by atoms with van der Waals surface area (Å²) in [7, 11) is 0. The van der Waals surface area contributed by atoms with Crippen LogP contribution in [0.5, 0.6) is 0 Å². The molecule has 0 atom stereocenters. The molecule has 0 aromatic heterocycles. The maximum absolute atomic E-state index is 12.2. The topological polar surface area (TPSA) is 55.1 Å². The third-order valence-electron chi connectivity index (χ3n) is 4.11. The molecule has 1 aliphatic carbocycles.